The van der Waals surface area contributed by atoms with Gasteiger partial charge in [-0.3, -0.25) is 0 Å². The molecule has 2 heterocycles. The van der Waals surface area contributed by atoms with E-state index in [-0.39, 0.29) is 11.3 Å². The Balaban J connectivity index is 1.63. The van der Waals surface area contributed by atoms with Gasteiger partial charge in [-0.15, -0.1) is 10.2 Å². The fourth-order valence-electron chi connectivity index (χ4n) is 3.21. The lowest BCUT2D eigenvalue weighted by Crippen LogP contribution is -2.05. The fraction of sp³-hybridized carbons (Fsp3) is 0.250. The van der Waals surface area contributed by atoms with E-state index in [1.165, 1.54) is 0 Å². The first-order valence-electron chi connectivity index (χ1n) is 8.96. The summed E-state index contributed by atoms with van der Waals surface area (Å²) in [6.45, 7) is 2.89. The number of nitrogens with zero attached hydrogens (tertiary/aromatic N) is 4. The summed E-state index contributed by atoms with van der Waals surface area (Å²) in [6.07, 6.45) is -0.237. The summed E-state index contributed by atoms with van der Waals surface area (Å²) in [6, 6.07) is 11.0. The number of halogens is 2. The van der Waals surface area contributed by atoms with Crippen LogP contribution in [0.2, 0.25) is 0 Å². The molecular weight excluding hydrogens is 382 g/mol. The fourth-order valence-corrected chi connectivity index (χ4v) is 3.95. The summed E-state index contributed by atoms with van der Waals surface area (Å²) in [4.78, 5) is 4.61. The lowest BCUT2D eigenvalue weighted by Gasteiger charge is -2.11. The number of para-hydroxylation sites is 1. The number of aliphatic hydroxyl groups excluding tert-OH is 1. The van der Waals surface area contributed by atoms with Crippen LogP contribution in [0.4, 0.5) is 8.78 Å². The van der Waals surface area contributed by atoms with Crippen molar-refractivity contribution < 1.29 is 13.9 Å². The molecule has 0 radical (unpaired) electrons. The molecule has 0 saturated heterocycles. The predicted molar refractivity (Wildman–Crippen MR) is 105 cm³/mol. The first-order chi connectivity index (χ1) is 13.6. The topological polar surface area (TPSA) is 63.8 Å². The highest BCUT2D eigenvalue weighted by Crippen LogP contribution is 2.29. The van der Waals surface area contributed by atoms with Gasteiger partial charge in [-0.05, 0) is 30.7 Å². The molecule has 2 aromatic carbocycles. The van der Waals surface area contributed by atoms with Gasteiger partial charge in [0.15, 0.2) is 5.65 Å². The molecule has 4 aromatic rings. The van der Waals surface area contributed by atoms with E-state index in [2.05, 4.69) is 26.7 Å². The number of hydrogen-bond acceptors (Lipinski definition) is 5. The maximum atomic E-state index is 13.8. The molecule has 1 N–H and O–H groups in total. The summed E-state index contributed by atoms with van der Waals surface area (Å²) >= 11 is 1.15. The number of aromatic nitrogens is 4. The minimum Gasteiger partial charge on any atom is -0.387 e. The van der Waals surface area contributed by atoms with Crippen LogP contribution in [-0.2, 0) is 6.54 Å². The molecular formula is C20H18F2N4OS. The van der Waals surface area contributed by atoms with Gasteiger partial charge in [0.05, 0.1) is 11.6 Å². The molecule has 144 valence electrons. The highest BCUT2D eigenvalue weighted by atomic mass is 32.2. The number of benzene rings is 2. The zero-order chi connectivity index (χ0) is 19.7. The monoisotopic (exact) mass is 400 g/mol. The zero-order valence-electron chi connectivity index (χ0n) is 15.1. The predicted octanol–water partition coefficient (Wildman–Crippen LogP) is 4.49. The molecule has 0 unspecified atom stereocenters. The largest absolute Gasteiger partial charge is 0.387 e. The molecule has 28 heavy (non-hydrogen) atoms. The molecule has 0 amide bonds. The molecule has 0 aliphatic rings. The minimum absolute atomic E-state index is 0.0818. The van der Waals surface area contributed by atoms with Crippen LogP contribution in [0.5, 0.6) is 0 Å². The third-order valence-corrected chi connectivity index (χ3v) is 5.40. The van der Waals surface area contributed by atoms with Crippen LogP contribution in [-0.4, -0.2) is 30.6 Å². The standard InChI is InChI=1S/C20H18F2N4OS/c1-2-9-26-16-6-4-3-5-13(16)18-19(26)23-20(25-24-18)28-11-17(27)14-10-12(21)7-8-15(14)22/h3-8,10,17,27H,2,9,11H2,1H3/t17-/m1/s1. The highest BCUT2D eigenvalue weighted by molar-refractivity contribution is 7.99. The van der Waals surface area contributed by atoms with Crippen LogP contribution in [0.1, 0.15) is 25.0 Å². The third-order valence-electron chi connectivity index (χ3n) is 4.49. The van der Waals surface area contributed by atoms with Crippen LogP contribution in [0.25, 0.3) is 22.1 Å². The first-order valence-corrected chi connectivity index (χ1v) is 9.94. The molecule has 0 spiro atoms. The molecule has 4 rings (SSSR count). The molecule has 8 heteroatoms. The van der Waals surface area contributed by atoms with E-state index in [4.69, 9.17) is 0 Å². The van der Waals surface area contributed by atoms with Gasteiger partial charge in [0.25, 0.3) is 0 Å². The molecule has 0 saturated carbocycles. The van der Waals surface area contributed by atoms with E-state index in [1.807, 2.05) is 24.3 Å². The second-order valence-electron chi connectivity index (χ2n) is 6.43. The van der Waals surface area contributed by atoms with E-state index in [0.717, 1.165) is 65.0 Å². The van der Waals surface area contributed by atoms with Gasteiger partial charge in [-0.2, -0.15) is 0 Å². The molecule has 0 aliphatic carbocycles. The maximum Gasteiger partial charge on any atom is 0.211 e. The number of aryl methyl sites for hydroxylation is 1. The van der Waals surface area contributed by atoms with Gasteiger partial charge in [-0.25, -0.2) is 13.8 Å². The second kappa shape index (κ2) is 7.81. The van der Waals surface area contributed by atoms with E-state index >= 15 is 0 Å². The number of thioether (sulfide) groups is 1. The Morgan fingerprint density at radius 1 is 1.14 bits per heavy atom. The van der Waals surface area contributed by atoms with Gasteiger partial charge in [0.2, 0.25) is 5.16 Å². The summed E-state index contributed by atoms with van der Waals surface area (Å²) in [5, 5.41) is 20.1. The Morgan fingerprint density at radius 3 is 2.79 bits per heavy atom. The number of fused-ring (bicyclic) bond motifs is 3. The summed E-state index contributed by atoms with van der Waals surface area (Å²) in [7, 11) is 0. The Morgan fingerprint density at radius 2 is 1.96 bits per heavy atom. The summed E-state index contributed by atoms with van der Waals surface area (Å²) in [5.41, 5.74) is 2.42. The van der Waals surface area contributed by atoms with Crippen LogP contribution >= 0.6 is 11.8 Å². The first kappa shape index (κ1) is 18.8. The van der Waals surface area contributed by atoms with E-state index in [1.54, 1.807) is 0 Å². The molecule has 0 fully saturated rings. The number of rotatable bonds is 6. The van der Waals surface area contributed by atoms with Gasteiger partial charge >= 0.3 is 0 Å². The molecule has 0 bridgehead atoms. The van der Waals surface area contributed by atoms with E-state index < -0.39 is 17.7 Å². The van der Waals surface area contributed by atoms with Crippen molar-refractivity contribution in [3.8, 4) is 0 Å². The van der Waals surface area contributed by atoms with Crippen molar-refractivity contribution in [2.24, 2.45) is 0 Å². The van der Waals surface area contributed by atoms with Crippen molar-refractivity contribution >= 4 is 33.8 Å². The molecule has 5 nitrogen and oxygen atoms in total. The second-order valence-corrected chi connectivity index (χ2v) is 7.42. The smallest absolute Gasteiger partial charge is 0.211 e. The van der Waals surface area contributed by atoms with Gasteiger partial charge in [0.1, 0.15) is 17.2 Å². The normalized spacial score (nSPS) is 12.7. The van der Waals surface area contributed by atoms with Crippen LogP contribution in [0.3, 0.4) is 0 Å². The Labute approximate surface area is 164 Å². The van der Waals surface area contributed by atoms with Crippen molar-refractivity contribution in [3.63, 3.8) is 0 Å². The van der Waals surface area contributed by atoms with Crippen LogP contribution in [0, 0.1) is 11.6 Å². The van der Waals surface area contributed by atoms with Crippen molar-refractivity contribution in [1.82, 2.24) is 19.7 Å². The Kier molecular flexibility index (Phi) is 5.23. The molecule has 2 aromatic heterocycles. The van der Waals surface area contributed by atoms with Crippen molar-refractivity contribution in [1.29, 1.82) is 0 Å². The lowest BCUT2D eigenvalue weighted by atomic mass is 10.1. The van der Waals surface area contributed by atoms with Crippen LogP contribution < -0.4 is 0 Å². The van der Waals surface area contributed by atoms with Crippen molar-refractivity contribution in [2.45, 2.75) is 31.1 Å². The quantitative estimate of drug-likeness (QED) is 0.483. The third kappa shape index (κ3) is 3.45. The Bertz CT molecular complexity index is 1150. The zero-order valence-corrected chi connectivity index (χ0v) is 16.0. The van der Waals surface area contributed by atoms with Gasteiger partial charge in [-0.1, -0.05) is 36.9 Å². The van der Waals surface area contributed by atoms with Gasteiger partial charge in [0, 0.05) is 23.2 Å². The average molecular weight is 400 g/mol. The highest BCUT2D eigenvalue weighted by Gasteiger charge is 2.17. The van der Waals surface area contributed by atoms with Gasteiger partial charge < -0.3 is 9.67 Å². The van der Waals surface area contributed by atoms with E-state index in [0.29, 0.717) is 5.16 Å². The SMILES string of the molecule is CCCn1c2ccccc2c2nnc(SC[C@@H](O)c3cc(F)ccc3F)nc21. The van der Waals surface area contributed by atoms with Crippen LogP contribution in [0.15, 0.2) is 47.6 Å². The minimum atomic E-state index is -1.18. The number of aliphatic hydroxyl groups is 1. The van der Waals surface area contributed by atoms with Crippen molar-refractivity contribution in [3.05, 3.63) is 59.7 Å². The molecule has 0 aliphatic heterocycles. The molecule has 1 atom stereocenters. The van der Waals surface area contributed by atoms with Crippen molar-refractivity contribution in [2.75, 3.05) is 5.75 Å². The summed E-state index contributed by atoms with van der Waals surface area (Å²) < 4.78 is 29.3. The Hall–Kier alpha value is -2.58. The summed E-state index contributed by atoms with van der Waals surface area (Å²) in [5.74, 6) is -1.15. The van der Waals surface area contributed by atoms with E-state index in [9.17, 15) is 13.9 Å². The average Bonchev–Trinajstić information content (AvgIpc) is 3.02. The number of hydrogen-bond donors (Lipinski definition) is 1. The lowest BCUT2D eigenvalue weighted by molar-refractivity contribution is 0.198. The maximum absolute atomic E-state index is 13.8.